The van der Waals surface area contributed by atoms with E-state index >= 15 is 0 Å². The second-order valence-electron chi connectivity index (χ2n) is 3.67. The van der Waals surface area contributed by atoms with Gasteiger partial charge in [-0.15, -0.1) is 0 Å². The standard InChI is InChI=1S/C11H14ClNO/c1-14-11-6-7(12)5-9-8(11)3-2-4-10(9)13/h5-6,10H,2-4,13H2,1H3/t10-/m1/s1. The lowest BCUT2D eigenvalue weighted by molar-refractivity contribution is 0.403. The summed E-state index contributed by atoms with van der Waals surface area (Å²) < 4.78 is 5.30. The molecular weight excluding hydrogens is 198 g/mol. The molecule has 0 aromatic heterocycles. The summed E-state index contributed by atoms with van der Waals surface area (Å²) in [5, 5.41) is 0.706. The second kappa shape index (κ2) is 3.79. The molecule has 1 atom stereocenters. The highest BCUT2D eigenvalue weighted by Crippen LogP contribution is 2.36. The third kappa shape index (κ3) is 1.60. The van der Waals surface area contributed by atoms with E-state index in [0.29, 0.717) is 5.02 Å². The number of hydrogen-bond acceptors (Lipinski definition) is 2. The van der Waals surface area contributed by atoms with Gasteiger partial charge in [0.05, 0.1) is 7.11 Å². The Morgan fingerprint density at radius 2 is 2.29 bits per heavy atom. The van der Waals surface area contributed by atoms with Crippen LogP contribution in [0.4, 0.5) is 0 Å². The van der Waals surface area contributed by atoms with Crippen LogP contribution in [0.5, 0.6) is 5.75 Å². The van der Waals surface area contributed by atoms with Crippen molar-refractivity contribution in [1.82, 2.24) is 0 Å². The van der Waals surface area contributed by atoms with E-state index in [9.17, 15) is 0 Å². The summed E-state index contributed by atoms with van der Waals surface area (Å²) in [4.78, 5) is 0. The van der Waals surface area contributed by atoms with Crippen LogP contribution in [0.25, 0.3) is 0 Å². The Morgan fingerprint density at radius 3 is 3.00 bits per heavy atom. The topological polar surface area (TPSA) is 35.2 Å². The Morgan fingerprint density at radius 1 is 1.50 bits per heavy atom. The van der Waals surface area contributed by atoms with Gasteiger partial charge in [-0.25, -0.2) is 0 Å². The quantitative estimate of drug-likeness (QED) is 0.775. The molecule has 2 N–H and O–H groups in total. The summed E-state index contributed by atoms with van der Waals surface area (Å²) in [5.41, 5.74) is 8.41. The monoisotopic (exact) mass is 211 g/mol. The summed E-state index contributed by atoms with van der Waals surface area (Å²) in [6.07, 6.45) is 3.21. The molecule has 0 spiro atoms. The second-order valence-corrected chi connectivity index (χ2v) is 4.11. The maximum Gasteiger partial charge on any atom is 0.123 e. The molecule has 0 aliphatic heterocycles. The van der Waals surface area contributed by atoms with Gasteiger partial charge in [0, 0.05) is 11.1 Å². The molecule has 0 saturated heterocycles. The van der Waals surface area contributed by atoms with Gasteiger partial charge in [-0.3, -0.25) is 0 Å². The number of ether oxygens (including phenoxy) is 1. The summed E-state index contributed by atoms with van der Waals surface area (Å²) in [7, 11) is 1.67. The van der Waals surface area contributed by atoms with E-state index in [1.54, 1.807) is 7.11 Å². The molecule has 1 aliphatic rings. The molecule has 14 heavy (non-hydrogen) atoms. The van der Waals surface area contributed by atoms with Crippen molar-refractivity contribution in [3.63, 3.8) is 0 Å². The zero-order chi connectivity index (χ0) is 10.1. The molecule has 1 aliphatic carbocycles. The molecule has 0 heterocycles. The van der Waals surface area contributed by atoms with Crippen LogP contribution < -0.4 is 10.5 Å². The van der Waals surface area contributed by atoms with Crippen molar-refractivity contribution in [2.24, 2.45) is 5.73 Å². The zero-order valence-electron chi connectivity index (χ0n) is 8.22. The van der Waals surface area contributed by atoms with Crippen molar-refractivity contribution in [3.8, 4) is 5.75 Å². The zero-order valence-corrected chi connectivity index (χ0v) is 8.97. The smallest absolute Gasteiger partial charge is 0.123 e. The normalized spacial score (nSPS) is 20.4. The number of halogens is 1. The molecule has 2 rings (SSSR count). The predicted octanol–water partition coefficient (Wildman–Crippen LogP) is 2.68. The van der Waals surface area contributed by atoms with E-state index < -0.39 is 0 Å². The molecular formula is C11H14ClNO. The highest BCUT2D eigenvalue weighted by Gasteiger charge is 2.20. The fourth-order valence-corrected chi connectivity index (χ4v) is 2.28. The van der Waals surface area contributed by atoms with Gasteiger partial charge in [0.1, 0.15) is 5.75 Å². The Kier molecular flexibility index (Phi) is 2.66. The van der Waals surface area contributed by atoms with Crippen molar-refractivity contribution in [2.45, 2.75) is 25.3 Å². The lowest BCUT2D eigenvalue weighted by Gasteiger charge is -2.24. The Bertz CT molecular complexity index is 351. The number of rotatable bonds is 1. The van der Waals surface area contributed by atoms with E-state index in [2.05, 4.69) is 0 Å². The van der Waals surface area contributed by atoms with Gasteiger partial charge < -0.3 is 10.5 Å². The first kappa shape index (κ1) is 9.81. The molecule has 0 saturated carbocycles. The fourth-order valence-electron chi connectivity index (χ4n) is 2.07. The average Bonchev–Trinajstić information content (AvgIpc) is 2.18. The number of benzene rings is 1. The predicted molar refractivity (Wildman–Crippen MR) is 57.9 cm³/mol. The van der Waals surface area contributed by atoms with E-state index in [1.807, 2.05) is 12.1 Å². The summed E-state index contributed by atoms with van der Waals surface area (Å²) in [6, 6.07) is 3.94. The molecule has 0 unspecified atom stereocenters. The van der Waals surface area contributed by atoms with E-state index in [-0.39, 0.29) is 6.04 Å². The van der Waals surface area contributed by atoms with Gasteiger partial charge in [0.2, 0.25) is 0 Å². The summed E-state index contributed by atoms with van der Waals surface area (Å²) in [6.45, 7) is 0. The summed E-state index contributed by atoms with van der Waals surface area (Å²) in [5.74, 6) is 0.877. The maximum absolute atomic E-state index is 6.02. The highest BCUT2D eigenvalue weighted by atomic mass is 35.5. The van der Waals surface area contributed by atoms with Gasteiger partial charge in [0.25, 0.3) is 0 Å². The first-order valence-corrected chi connectivity index (χ1v) is 5.22. The van der Waals surface area contributed by atoms with Crippen LogP contribution in [-0.2, 0) is 6.42 Å². The first-order chi connectivity index (χ1) is 6.72. The molecule has 76 valence electrons. The van der Waals surface area contributed by atoms with Crippen molar-refractivity contribution >= 4 is 11.6 Å². The van der Waals surface area contributed by atoms with Crippen molar-refractivity contribution < 1.29 is 4.74 Å². The number of nitrogens with two attached hydrogens (primary N) is 1. The SMILES string of the molecule is COc1cc(Cl)cc2c1CCC[C@H]2N. The third-order valence-corrected chi connectivity index (χ3v) is 2.99. The van der Waals surface area contributed by atoms with Crippen LogP contribution >= 0.6 is 11.6 Å². The summed E-state index contributed by atoms with van der Waals surface area (Å²) >= 11 is 5.99. The van der Waals surface area contributed by atoms with Crippen LogP contribution in [0.15, 0.2) is 12.1 Å². The third-order valence-electron chi connectivity index (χ3n) is 2.77. The Labute approximate surface area is 89.0 Å². The molecule has 1 aromatic carbocycles. The molecule has 0 bridgehead atoms. The van der Waals surface area contributed by atoms with Crippen molar-refractivity contribution in [2.75, 3.05) is 7.11 Å². The van der Waals surface area contributed by atoms with Crippen molar-refractivity contribution in [3.05, 3.63) is 28.3 Å². The molecule has 0 fully saturated rings. The lowest BCUT2D eigenvalue weighted by Crippen LogP contribution is -2.18. The largest absolute Gasteiger partial charge is 0.496 e. The minimum absolute atomic E-state index is 0.117. The number of fused-ring (bicyclic) bond motifs is 1. The number of methoxy groups -OCH3 is 1. The van der Waals surface area contributed by atoms with E-state index in [1.165, 1.54) is 5.56 Å². The van der Waals surface area contributed by atoms with E-state index in [4.69, 9.17) is 22.1 Å². The van der Waals surface area contributed by atoms with Crippen LogP contribution in [0, 0.1) is 0 Å². The van der Waals surface area contributed by atoms with Crippen LogP contribution in [-0.4, -0.2) is 7.11 Å². The highest BCUT2D eigenvalue weighted by molar-refractivity contribution is 6.30. The average molecular weight is 212 g/mol. The van der Waals surface area contributed by atoms with Gasteiger partial charge in [-0.1, -0.05) is 11.6 Å². The Balaban J connectivity index is 2.54. The molecule has 3 heteroatoms. The first-order valence-electron chi connectivity index (χ1n) is 4.84. The molecule has 2 nitrogen and oxygen atoms in total. The molecule has 0 radical (unpaired) electrons. The van der Waals surface area contributed by atoms with Crippen LogP contribution in [0.2, 0.25) is 5.02 Å². The molecule has 0 amide bonds. The Hall–Kier alpha value is -0.730. The molecule has 1 aromatic rings. The van der Waals surface area contributed by atoms with Gasteiger partial charge >= 0.3 is 0 Å². The lowest BCUT2D eigenvalue weighted by atomic mass is 9.87. The number of hydrogen-bond donors (Lipinski definition) is 1. The van der Waals surface area contributed by atoms with Gasteiger partial charge in [-0.05, 0) is 42.5 Å². The maximum atomic E-state index is 6.02. The minimum Gasteiger partial charge on any atom is -0.496 e. The van der Waals surface area contributed by atoms with Gasteiger partial charge in [-0.2, -0.15) is 0 Å². The van der Waals surface area contributed by atoms with Crippen LogP contribution in [0.1, 0.15) is 30.0 Å². The van der Waals surface area contributed by atoms with Crippen LogP contribution in [0.3, 0.4) is 0 Å². The minimum atomic E-state index is 0.117. The van der Waals surface area contributed by atoms with Crippen molar-refractivity contribution in [1.29, 1.82) is 0 Å². The van der Waals surface area contributed by atoms with Gasteiger partial charge in [0.15, 0.2) is 0 Å². The fraction of sp³-hybridized carbons (Fsp3) is 0.455. The van der Waals surface area contributed by atoms with E-state index in [0.717, 1.165) is 30.6 Å².